The molecule has 0 saturated carbocycles. The topological polar surface area (TPSA) is 234 Å². The Hall–Kier alpha value is -4.83. The van der Waals surface area contributed by atoms with Gasteiger partial charge in [-0.1, -0.05) is 42.3 Å². The van der Waals surface area contributed by atoms with Gasteiger partial charge in [-0.15, -0.1) is 0 Å². The van der Waals surface area contributed by atoms with Crippen LogP contribution in [0.2, 0.25) is 5.02 Å². The maximum Gasteiger partial charge on any atom is 0.409 e. The number of carbonyl (C=O) groups is 6. The lowest BCUT2D eigenvalue weighted by Crippen LogP contribution is -2.63. The van der Waals surface area contributed by atoms with Crippen molar-refractivity contribution in [1.82, 2.24) is 20.4 Å². The van der Waals surface area contributed by atoms with E-state index < -0.39 is 77.2 Å². The molecule has 408 valence electrons. The fourth-order valence-electron chi connectivity index (χ4n) is 9.41. The number of alkyl carbamates (subject to hydrolysis) is 1. The van der Waals surface area contributed by atoms with E-state index in [1.165, 1.54) is 38.0 Å². The number of nitrogens with one attached hydrogen (secondary N) is 2. The molecule has 73 heavy (non-hydrogen) atoms. The number of carbonyl (C=O) groups excluding carboxylic acids is 6. The van der Waals surface area contributed by atoms with Crippen molar-refractivity contribution in [2.75, 3.05) is 79.3 Å². The minimum Gasteiger partial charge on any atom is -0.495 e. The number of halogens is 1. The number of ether oxygens (including phenoxy) is 8. The minimum absolute atomic E-state index is 0.0495. The van der Waals surface area contributed by atoms with Crippen LogP contribution in [0.15, 0.2) is 35.9 Å². The third kappa shape index (κ3) is 16.1. The van der Waals surface area contributed by atoms with E-state index >= 15 is 0 Å². The number of allylic oxidation sites excluding steroid dienone is 3. The van der Waals surface area contributed by atoms with Crippen molar-refractivity contribution in [1.29, 1.82) is 0 Å². The Bertz CT molecular complexity index is 2180. The first-order valence-electron chi connectivity index (χ1n) is 25.1. The first kappa shape index (κ1) is 59.1. The summed E-state index contributed by atoms with van der Waals surface area (Å²) < 4.78 is 46.1. The molecule has 20 nitrogen and oxygen atoms in total. The van der Waals surface area contributed by atoms with Crippen LogP contribution in [0, 0.1) is 5.92 Å². The Morgan fingerprint density at radius 2 is 1.68 bits per heavy atom. The van der Waals surface area contributed by atoms with Crippen LogP contribution in [0.5, 0.6) is 5.75 Å². The van der Waals surface area contributed by atoms with Gasteiger partial charge in [-0.3, -0.25) is 24.5 Å². The number of epoxide rings is 1. The van der Waals surface area contributed by atoms with Gasteiger partial charge in [-0.2, -0.15) is 0 Å². The Balaban J connectivity index is 1.28. The minimum atomic E-state index is -1.88. The van der Waals surface area contributed by atoms with Gasteiger partial charge in [0.15, 0.2) is 5.72 Å². The monoisotopic (exact) mass is 1050 g/mol. The number of piperidine rings is 1. The van der Waals surface area contributed by atoms with E-state index in [9.17, 15) is 33.9 Å². The average molecular weight is 1050 g/mol. The van der Waals surface area contributed by atoms with E-state index in [4.69, 9.17) is 49.5 Å². The molecule has 5 rings (SSSR count). The zero-order valence-electron chi connectivity index (χ0n) is 44.4. The number of hydrogen-bond acceptors (Lipinski definition) is 16. The van der Waals surface area contributed by atoms with Gasteiger partial charge in [0, 0.05) is 59.0 Å². The predicted molar refractivity (Wildman–Crippen MR) is 270 cm³/mol. The number of likely N-dealkylation sites (N-methyl/N-ethyl adjacent to an activating group) is 1. The van der Waals surface area contributed by atoms with Crippen LogP contribution in [0.3, 0.4) is 0 Å². The predicted octanol–water partition coefficient (Wildman–Crippen LogP) is 4.64. The molecule has 4 aliphatic heterocycles. The summed E-state index contributed by atoms with van der Waals surface area (Å²) in [5.74, 6) is -2.61. The molecule has 0 aliphatic carbocycles. The molecule has 3 N–H and O–H groups in total. The van der Waals surface area contributed by atoms with Crippen molar-refractivity contribution in [3.8, 4) is 5.75 Å². The van der Waals surface area contributed by atoms with Gasteiger partial charge in [0.25, 0.3) is 0 Å². The molecule has 4 heterocycles. The van der Waals surface area contributed by atoms with E-state index in [-0.39, 0.29) is 81.5 Å². The van der Waals surface area contributed by atoms with Gasteiger partial charge >= 0.3 is 18.0 Å². The van der Waals surface area contributed by atoms with Crippen molar-refractivity contribution in [3.63, 3.8) is 0 Å². The molecule has 0 aromatic heterocycles. The fraction of sp³-hybridized carbons (Fsp3) is 0.692. The highest BCUT2D eigenvalue weighted by Crippen LogP contribution is 2.49. The number of methoxy groups -OCH3 is 2. The van der Waals surface area contributed by atoms with Crippen molar-refractivity contribution in [2.45, 2.75) is 153 Å². The van der Waals surface area contributed by atoms with Crippen LogP contribution in [-0.2, 0) is 63.6 Å². The summed E-state index contributed by atoms with van der Waals surface area (Å²) in [4.78, 5) is 85.5. The van der Waals surface area contributed by atoms with E-state index in [0.717, 1.165) is 37.1 Å². The fourth-order valence-corrected chi connectivity index (χ4v) is 9.73. The number of esters is 2. The lowest BCUT2D eigenvalue weighted by molar-refractivity contribution is -0.162. The van der Waals surface area contributed by atoms with Crippen LogP contribution in [-0.4, -0.2) is 178 Å². The Morgan fingerprint density at radius 1 is 1.01 bits per heavy atom. The summed E-state index contributed by atoms with van der Waals surface area (Å²) in [6, 6.07) is 2.35. The Labute approximate surface area is 434 Å². The third-order valence-electron chi connectivity index (χ3n) is 13.9. The molecule has 1 aromatic rings. The second kappa shape index (κ2) is 26.1. The first-order chi connectivity index (χ1) is 34.4. The zero-order valence-corrected chi connectivity index (χ0v) is 45.2. The molecule has 4 amide bonds. The molecule has 2 unspecified atom stereocenters. The van der Waals surface area contributed by atoms with Gasteiger partial charge in [-0.05, 0) is 91.6 Å². The third-order valence-corrected chi connectivity index (χ3v) is 14.2. The number of nitrogens with zero attached hydrogens (tertiary/aromatic N) is 3. The van der Waals surface area contributed by atoms with Crippen LogP contribution >= 0.6 is 11.6 Å². The van der Waals surface area contributed by atoms with Gasteiger partial charge in [-0.25, -0.2) is 9.59 Å². The SMILES string of the molecule is COc1cc2cc(c1Cl)N(C)C(=O)C[C@H](OC(=O)[C@H](C)N(C)C(=O)CCC(=O)N(CCOCCOCCC(=O)OC(C)(C)C)C1CCNCC1)C1(C)OC1[C@H](C)[C@@H]1C[C@@](O)(NC(=O)O1)[C@H](OC)C=CC=C(C)C2. The normalized spacial score (nSPS) is 26.3. The Morgan fingerprint density at radius 3 is 2.34 bits per heavy atom. The van der Waals surface area contributed by atoms with E-state index in [1.807, 2.05) is 13.0 Å². The lowest BCUT2D eigenvalue weighted by atomic mass is 9.83. The van der Waals surface area contributed by atoms with Crippen LogP contribution in [0.25, 0.3) is 0 Å². The van der Waals surface area contributed by atoms with Gasteiger partial charge in [0.2, 0.25) is 17.7 Å². The molecule has 4 aliphatic rings. The second-order valence-electron chi connectivity index (χ2n) is 20.5. The highest BCUT2D eigenvalue weighted by atomic mass is 35.5. The molecule has 21 heteroatoms. The molecule has 0 spiro atoms. The molecular formula is C52H78ClN5O15. The molecule has 3 fully saturated rings. The van der Waals surface area contributed by atoms with Crippen LogP contribution in [0.1, 0.15) is 99.0 Å². The zero-order chi connectivity index (χ0) is 53.8. The smallest absolute Gasteiger partial charge is 0.409 e. The van der Waals surface area contributed by atoms with Crippen molar-refractivity contribution < 1.29 is 71.8 Å². The number of anilines is 1. The van der Waals surface area contributed by atoms with Gasteiger partial charge in [0.05, 0.1) is 58.2 Å². The average Bonchev–Trinajstić information content (AvgIpc) is 4.04. The number of fused-ring (bicyclic) bond motifs is 5. The standard InChI is InChI=1S/C52H78ClN5O15/c1-32-13-12-14-40(67-11)52(65)31-39(70-49(64)55-52)33(2)47-51(7,73-47)41(30-44(61)57(9)37-28-35(27-32)29-38(66-10)46(37)53)71-48(63)34(3)56(8)42(59)15-16-43(60)58(36-17-20-54-21-18-36)22-24-69-26-25-68-23-19-45(62)72-50(4,5)6/h12-14,28-29,33-34,36,39-41,47,54,65H,15-27,30-31H2,1-11H3,(H,55,64)/t33-,34+,39+,40-,41+,47?,51?,52+/m1/s1. The summed E-state index contributed by atoms with van der Waals surface area (Å²) >= 11 is 6.83. The van der Waals surface area contributed by atoms with E-state index in [2.05, 4.69) is 10.6 Å². The number of rotatable bonds is 18. The molecular weight excluding hydrogens is 970 g/mol. The highest BCUT2D eigenvalue weighted by Gasteiger charge is 2.64. The Kier molecular flexibility index (Phi) is 21.1. The summed E-state index contributed by atoms with van der Waals surface area (Å²) in [7, 11) is 5.90. The summed E-state index contributed by atoms with van der Waals surface area (Å²) in [5.41, 5.74) is -1.72. The number of benzene rings is 1. The van der Waals surface area contributed by atoms with Crippen molar-refractivity contribution in [3.05, 3.63) is 46.5 Å². The van der Waals surface area contributed by atoms with Crippen molar-refractivity contribution in [2.24, 2.45) is 5.92 Å². The molecule has 0 radical (unpaired) electrons. The summed E-state index contributed by atoms with van der Waals surface area (Å²) in [5, 5.41) is 17.9. The summed E-state index contributed by atoms with van der Waals surface area (Å²) in [6.07, 6.45) is 1.74. The summed E-state index contributed by atoms with van der Waals surface area (Å²) in [6.45, 7) is 15.0. The quantitative estimate of drug-likeness (QED) is 0.0787. The van der Waals surface area contributed by atoms with Gasteiger partial charge in [0.1, 0.15) is 46.3 Å². The maximum atomic E-state index is 14.4. The number of hydrogen-bond donors (Lipinski definition) is 3. The maximum absolute atomic E-state index is 14.4. The molecule has 3 saturated heterocycles. The van der Waals surface area contributed by atoms with Crippen LogP contribution in [0.4, 0.5) is 10.5 Å². The molecule has 4 bridgehead atoms. The first-order valence-corrected chi connectivity index (χ1v) is 25.5. The van der Waals surface area contributed by atoms with Gasteiger partial charge < -0.3 is 63.0 Å². The van der Waals surface area contributed by atoms with E-state index in [1.54, 1.807) is 70.9 Å². The molecule has 1 aromatic carbocycles. The molecule has 8 atom stereocenters. The van der Waals surface area contributed by atoms with Crippen LogP contribution < -0.4 is 20.3 Å². The number of aliphatic hydroxyl groups is 1. The number of amides is 4. The highest BCUT2D eigenvalue weighted by molar-refractivity contribution is 6.35. The van der Waals surface area contributed by atoms with Crippen molar-refractivity contribution >= 4 is 53.0 Å². The van der Waals surface area contributed by atoms with E-state index in [0.29, 0.717) is 24.4 Å². The second-order valence-corrected chi connectivity index (χ2v) is 20.9. The lowest BCUT2D eigenvalue weighted by Gasteiger charge is -2.42. The largest absolute Gasteiger partial charge is 0.495 e.